The number of hydrogen-bond acceptors (Lipinski definition) is 4. The van der Waals surface area contributed by atoms with E-state index in [1.807, 2.05) is 36.4 Å². The summed E-state index contributed by atoms with van der Waals surface area (Å²) < 4.78 is 21.1. The van der Waals surface area contributed by atoms with Crippen LogP contribution in [0.5, 0.6) is 5.75 Å². The van der Waals surface area contributed by atoms with Crippen molar-refractivity contribution in [1.29, 1.82) is 0 Å². The smallest absolute Gasteiger partial charge is 0.343 e. The van der Waals surface area contributed by atoms with Crippen molar-refractivity contribution in [3.8, 4) is 5.75 Å². The molecule has 0 aliphatic heterocycles. The van der Waals surface area contributed by atoms with Gasteiger partial charge in [0.2, 0.25) is 5.91 Å². The minimum atomic E-state index is -0.728. The second kappa shape index (κ2) is 11.2. The summed E-state index contributed by atoms with van der Waals surface area (Å²) in [5.41, 5.74) is 3.87. The third kappa shape index (κ3) is 6.22. The molecule has 4 aromatic carbocycles. The zero-order valence-electron chi connectivity index (χ0n) is 17.9. The van der Waals surface area contributed by atoms with Crippen LogP contribution >= 0.6 is 47.8 Å². The van der Waals surface area contributed by atoms with Gasteiger partial charge in [0, 0.05) is 14.5 Å². The zero-order chi connectivity index (χ0) is 24.9. The summed E-state index contributed by atoms with van der Waals surface area (Å²) in [5.74, 6) is -1.40. The Bertz CT molecular complexity index is 1470. The molecule has 0 heterocycles. The number of hydrazone groups is 1. The number of ether oxygens (including phenoxy) is 1. The number of esters is 1. The van der Waals surface area contributed by atoms with E-state index in [9.17, 15) is 14.0 Å². The van der Waals surface area contributed by atoms with Gasteiger partial charge in [0.15, 0.2) is 5.75 Å². The molecule has 0 aliphatic carbocycles. The molecule has 0 atom stereocenters. The Kier molecular flexibility index (Phi) is 8.10. The van der Waals surface area contributed by atoms with Crippen LogP contribution in [0.15, 0.2) is 91.3 Å². The first-order valence-electron chi connectivity index (χ1n) is 10.3. The van der Waals surface area contributed by atoms with Crippen LogP contribution in [0.3, 0.4) is 0 Å². The largest absolute Gasteiger partial charge is 0.421 e. The monoisotopic (exact) mass is 660 g/mol. The molecule has 0 saturated heterocycles. The van der Waals surface area contributed by atoms with Crippen molar-refractivity contribution in [3.05, 3.63) is 109 Å². The van der Waals surface area contributed by atoms with E-state index >= 15 is 0 Å². The second-order valence-electron chi connectivity index (χ2n) is 7.43. The molecule has 0 unspecified atom stereocenters. The maximum absolute atomic E-state index is 13.5. The Labute approximate surface area is 225 Å². The highest BCUT2D eigenvalue weighted by atomic mass is 79.9. The van der Waals surface area contributed by atoms with Crippen LogP contribution in [0.4, 0.5) is 4.39 Å². The summed E-state index contributed by atoms with van der Waals surface area (Å²) >= 11 is 10.3. The summed E-state index contributed by atoms with van der Waals surface area (Å²) in [6, 6.07) is 20.2. The van der Waals surface area contributed by atoms with E-state index in [1.54, 1.807) is 12.1 Å². The lowest BCUT2D eigenvalue weighted by atomic mass is 10.0. The Morgan fingerprint density at radius 1 is 0.914 bits per heavy atom. The molecule has 35 heavy (non-hydrogen) atoms. The molecule has 176 valence electrons. The van der Waals surface area contributed by atoms with Gasteiger partial charge in [0.05, 0.1) is 22.7 Å². The van der Waals surface area contributed by atoms with Crippen LogP contribution in [0, 0.1) is 5.82 Å². The third-order valence-electron chi connectivity index (χ3n) is 5.00. The Morgan fingerprint density at radius 2 is 1.69 bits per heavy atom. The minimum Gasteiger partial charge on any atom is -0.421 e. The number of amides is 1. The molecule has 0 bridgehead atoms. The van der Waals surface area contributed by atoms with Crippen LogP contribution in [0.2, 0.25) is 0 Å². The van der Waals surface area contributed by atoms with Gasteiger partial charge in [-0.15, -0.1) is 0 Å². The number of fused-ring (bicyclic) bond motifs is 1. The van der Waals surface area contributed by atoms with Crippen LogP contribution in [0.25, 0.3) is 10.8 Å². The summed E-state index contributed by atoms with van der Waals surface area (Å²) in [7, 11) is 0. The van der Waals surface area contributed by atoms with Crippen molar-refractivity contribution in [3.63, 3.8) is 0 Å². The quantitative estimate of drug-likeness (QED) is 0.103. The van der Waals surface area contributed by atoms with E-state index < -0.39 is 11.8 Å². The fourth-order valence-corrected chi connectivity index (χ4v) is 5.23. The van der Waals surface area contributed by atoms with Gasteiger partial charge in [-0.05, 0) is 68.7 Å². The summed E-state index contributed by atoms with van der Waals surface area (Å²) in [4.78, 5) is 25.1. The van der Waals surface area contributed by atoms with E-state index in [0.29, 0.717) is 14.5 Å². The standard InChI is InChI=1S/C26H16Br3FN2O3/c27-18-10-17(25(23(29)13-18)35-26(34)16-4-3-5-19(30)11-16)14-31-32-24(33)12-15-8-9-22(28)21-7-2-1-6-20(15)21/h1-11,13-14H,12H2,(H,32,33). The van der Waals surface area contributed by atoms with Crippen molar-refractivity contribution < 1.29 is 18.7 Å². The maximum Gasteiger partial charge on any atom is 0.343 e. The normalized spacial score (nSPS) is 11.1. The number of halogens is 4. The second-order valence-corrected chi connectivity index (χ2v) is 10.1. The molecule has 5 nitrogen and oxygen atoms in total. The predicted molar refractivity (Wildman–Crippen MR) is 144 cm³/mol. The molecule has 9 heteroatoms. The highest BCUT2D eigenvalue weighted by Gasteiger charge is 2.16. The number of nitrogens with zero attached hydrogens (tertiary/aromatic N) is 1. The highest BCUT2D eigenvalue weighted by molar-refractivity contribution is 9.11. The lowest BCUT2D eigenvalue weighted by Crippen LogP contribution is -2.20. The highest BCUT2D eigenvalue weighted by Crippen LogP contribution is 2.33. The van der Waals surface area contributed by atoms with Crippen molar-refractivity contribution in [2.24, 2.45) is 5.10 Å². The fourth-order valence-electron chi connectivity index (χ4n) is 3.42. The molecule has 0 spiro atoms. The number of benzene rings is 4. The van der Waals surface area contributed by atoms with Crippen molar-refractivity contribution in [1.82, 2.24) is 5.43 Å². The molecular weight excluding hydrogens is 647 g/mol. The summed E-state index contributed by atoms with van der Waals surface area (Å²) in [6.45, 7) is 0. The molecule has 1 amide bonds. The Morgan fingerprint density at radius 3 is 2.46 bits per heavy atom. The van der Waals surface area contributed by atoms with Gasteiger partial charge in [0.25, 0.3) is 0 Å². The number of carbonyl (C=O) groups is 2. The van der Waals surface area contributed by atoms with Crippen molar-refractivity contribution >= 4 is 76.7 Å². The molecule has 0 aromatic heterocycles. The van der Waals surface area contributed by atoms with E-state index in [1.165, 1.54) is 24.4 Å². The lowest BCUT2D eigenvalue weighted by molar-refractivity contribution is -0.120. The van der Waals surface area contributed by atoms with Gasteiger partial charge in [-0.1, -0.05) is 68.3 Å². The number of rotatable bonds is 6. The predicted octanol–water partition coefficient (Wildman–Crippen LogP) is 7.18. The van der Waals surface area contributed by atoms with Gasteiger partial charge in [0.1, 0.15) is 5.82 Å². The van der Waals surface area contributed by atoms with Gasteiger partial charge < -0.3 is 4.74 Å². The molecule has 0 saturated carbocycles. The molecule has 0 aliphatic rings. The van der Waals surface area contributed by atoms with Crippen LogP contribution in [-0.2, 0) is 11.2 Å². The third-order valence-corrected chi connectivity index (χ3v) is 6.74. The SMILES string of the molecule is O=C(Cc1ccc(Br)c2ccccc12)NN=Cc1cc(Br)cc(Br)c1OC(=O)c1cccc(F)c1. The lowest BCUT2D eigenvalue weighted by Gasteiger charge is -2.11. The molecule has 4 rings (SSSR count). The van der Waals surface area contributed by atoms with E-state index in [4.69, 9.17) is 4.74 Å². The van der Waals surface area contributed by atoms with E-state index in [0.717, 1.165) is 26.9 Å². The average Bonchev–Trinajstić information content (AvgIpc) is 2.83. The van der Waals surface area contributed by atoms with Gasteiger partial charge >= 0.3 is 5.97 Å². The van der Waals surface area contributed by atoms with Crippen molar-refractivity contribution in [2.45, 2.75) is 6.42 Å². The number of hydrogen-bond donors (Lipinski definition) is 1. The number of nitrogens with one attached hydrogen (secondary N) is 1. The number of carbonyl (C=O) groups excluding carboxylic acids is 2. The first-order chi connectivity index (χ1) is 16.8. The summed E-state index contributed by atoms with van der Waals surface area (Å²) in [5, 5.41) is 6.04. The Hall–Kier alpha value is -2.88. The Balaban J connectivity index is 1.51. The van der Waals surface area contributed by atoms with Gasteiger partial charge in [-0.3, -0.25) is 4.79 Å². The van der Waals surface area contributed by atoms with E-state index in [-0.39, 0.29) is 23.6 Å². The fraction of sp³-hybridized carbons (Fsp3) is 0.0385. The topological polar surface area (TPSA) is 67.8 Å². The molecule has 0 fully saturated rings. The average molecular weight is 663 g/mol. The molecule has 1 N–H and O–H groups in total. The van der Waals surface area contributed by atoms with Crippen LogP contribution < -0.4 is 10.2 Å². The van der Waals surface area contributed by atoms with Gasteiger partial charge in [-0.2, -0.15) is 5.10 Å². The molecule has 4 aromatic rings. The van der Waals surface area contributed by atoms with Crippen LogP contribution in [-0.4, -0.2) is 18.1 Å². The van der Waals surface area contributed by atoms with E-state index in [2.05, 4.69) is 58.3 Å². The molecular formula is C26H16Br3FN2O3. The van der Waals surface area contributed by atoms with Gasteiger partial charge in [-0.25, -0.2) is 14.6 Å². The van der Waals surface area contributed by atoms with Crippen molar-refractivity contribution in [2.75, 3.05) is 0 Å². The minimum absolute atomic E-state index is 0.0673. The molecule has 0 radical (unpaired) electrons. The zero-order valence-corrected chi connectivity index (χ0v) is 22.7. The maximum atomic E-state index is 13.5. The first kappa shape index (κ1) is 25.2. The van der Waals surface area contributed by atoms with Crippen LogP contribution in [0.1, 0.15) is 21.5 Å². The first-order valence-corrected chi connectivity index (χ1v) is 12.6. The summed E-state index contributed by atoms with van der Waals surface area (Å²) in [6.07, 6.45) is 1.51.